The minimum Gasteiger partial charge on any atom is -0.329 e. The Hall–Kier alpha value is -1.05. The van der Waals surface area contributed by atoms with Crippen molar-refractivity contribution in [2.24, 2.45) is 0 Å². The van der Waals surface area contributed by atoms with E-state index in [1.807, 2.05) is 33.8 Å². The molecule has 1 aromatic heterocycles. The van der Waals surface area contributed by atoms with E-state index in [1.54, 1.807) is 6.20 Å². The maximum Gasteiger partial charge on any atom is 0.251 e. The van der Waals surface area contributed by atoms with Gasteiger partial charge in [-0.15, -0.1) is 0 Å². The van der Waals surface area contributed by atoms with Crippen LogP contribution in [-0.4, -0.2) is 4.98 Å². The van der Waals surface area contributed by atoms with E-state index in [0.29, 0.717) is 0 Å². The van der Waals surface area contributed by atoms with E-state index >= 15 is 0 Å². The van der Waals surface area contributed by atoms with Crippen LogP contribution < -0.4 is 5.56 Å². The summed E-state index contributed by atoms with van der Waals surface area (Å²) in [5.74, 6) is 0. The van der Waals surface area contributed by atoms with Crippen molar-refractivity contribution in [1.82, 2.24) is 4.98 Å². The van der Waals surface area contributed by atoms with E-state index in [2.05, 4.69) is 4.98 Å². The molecule has 0 bridgehead atoms. The molecule has 1 aliphatic rings. The average molecular weight is 195 g/mol. The van der Waals surface area contributed by atoms with Crippen LogP contribution in [0.1, 0.15) is 45.2 Å². The number of H-pyrrole nitrogens is 1. The predicted molar refractivity (Wildman–Crippen MR) is 61.8 cm³/mol. The van der Waals surface area contributed by atoms with Gasteiger partial charge in [-0.3, -0.25) is 4.79 Å². The minimum atomic E-state index is 0.106. The molecule has 0 aliphatic heterocycles. The molecule has 0 aromatic carbocycles. The van der Waals surface area contributed by atoms with E-state index in [9.17, 15) is 4.79 Å². The van der Waals surface area contributed by atoms with E-state index in [4.69, 9.17) is 0 Å². The Balaban J connectivity index is 0.000000379. The predicted octanol–water partition coefficient (Wildman–Crippen LogP) is 2.92. The molecule has 14 heavy (non-hydrogen) atoms. The zero-order valence-corrected chi connectivity index (χ0v) is 9.68. The van der Waals surface area contributed by atoms with Crippen LogP contribution in [0.4, 0.5) is 0 Å². The smallest absolute Gasteiger partial charge is 0.251 e. The molecule has 2 nitrogen and oxygen atoms in total. The van der Waals surface area contributed by atoms with Crippen LogP contribution in [0.15, 0.2) is 17.1 Å². The standard InChI is InChI=1S/C8H9NO.2C2H6/c10-8-7-3-1-2-6(7)4-5-9-8;2*1-2/h4-5H,1-3H2,(H,9,10);2*1-2H3. The third-order valence-corrected chi connectivity index (χ3v) is 2.03. The number of hydrogen-bond donors (Lipinski definition) is 1. The lowest BCUT2D eigenvalue weighted by Gasteiger charge is -1.92. The molecule has 2 heteroatoms. The van der Waals surface area contributed by atoms with Gasteiger partial charge in [0.15, 0.2) is 0 Å². The van der Waals surface area contributed by atoms with Gasteiger partial charge in [0.25, 0.3) is 5.56 Å². The normalized spacial score (nSPS) is 11.7. The van der Waals surface area contributed by atoms with Gasteiger partial charge in [-0.05, 0) is 30.9 Å². The average Bonchev–Trinajstić information content (AvgIpc) is 2.73. The molecular weight excluding hydrogens is 174 g/mol. The first-order valence-electron chi connectivity index (χ1n) is 5.57. The summed E-state index contributed by atoms with van der Waals surface area (Å²) in [7, 11) is 0. The number of rotatable bonds is 0. The van der Waals surface area contributed by atoms with Gasteiger partial charge in [0, 0.05) is 11.8 Å². The molecule has 0 saturated carbocycles. The van der Waals surface area contributed by atoms with Crippen LogP contribution >= 0.6 is 0 Å². The zero-order valence-electron chi connectivity index (χ0n) is 9.68. The molecule has 0 unspecified atom stereocenters. The fraction of sp³-hybridized carbons (Fsp3) is 0.583. The third kappa shape index (κ3) is 3.02. The van der Waals surface area contributed by atoms with Crippen molar-refractivity contribution in [3.63, 3.8) is 0 Å². The van der Waals surface area contributed by atoms with Crippen LogP contribution in [0.3, 0.4) is 0 Å². The fourth-order valence-corrected chi connectivity index (χ4v) is 1.52. The number of aryl methyl sites for hydroxylation is 1. The first kappa shape index (κ1) is 12.9. The number of fused-ring (bicyclic) bond motifs is 1. The Morgan fingerprint density at radius 1 is 1.14 bits per heavy atom. The van der Waals surface area contributed by atoms with E-state index < -0.39 is 0 Å². The Kier molecular flexibility index (Phi) is 6.81. The SMILES string of the molecule is CC.CC.O=c1[nH]ccc2c1CCC2. The molecule has 2 rings (SSSR count). The second-order valence-corrected chi connectivity index (χ2v) is 2.66. The van der Waals surface area contributed by atoms with Crippen molar-refractivity contribution in [3.8, 4) is 0 Å². The first-order valence-corrected chi connectivity index (χ1v) is 5.57. The van der Waals surface area contributed by atoms with Crippen molar-refractivity contribution in [2.45, 2.75) is 47.0 Å². The van der Waals surface area contributed by atoms with E-state index in [-0.39, 0.29) is 5.56 Å². The molecule has 1 aromatic rings. The highest BCUT2D eigenvalue weighted by atomic mass is 16.1. The maximum absolute atomic E-state index is 11.1. The highest BCUT2D eigenvalue weighted by Crippen LogP contribution is 2.16. The monoisotopic (exact) mass is 195 g/mol. The molecule has 80 valence electrons. The summed E-state index contributed by atoms with van der Waals surface area (Å²) in [5.41, 5.74) is 2.35. The largest absolute Gasteiger partial charge is 0.329 e. The van der Waals surface area contributed by atoms with Crippen LogP contribution in [-0.2, 0) is 12.8 Å². The highest BCUT2D eigenvalue weighted by Gasteiger charge is 2.12. The quantitative estimate of drug-likeness (QED) is 0.678. The molecule has 1 heterocycles. The number of nitrogens with one attached hydrogen (secondary N) is 1. The Bertz CT molecular complexity index is 301. The number of aromatic nitrogens is 1. The summed E-state index contributed by atoms with van der Waals surface area (Å²) in [6, 6.07) is 2.00. The summed E-state index contributed by atoms with van der Waals surface area (Å²) in [6.45, 7) is 8.00. The van der Waals surface area contributed by atoms with Crippen LogP contribution in [0.5, 0.6) is 0 Å². The van der Waals surface area contributed by atoms with Crippen molar-refractivity contribution in [2.75, 3.05) is 0 Å². The summed E-state index contributed by atoms with van der Waals surface area (Å²) in [5, 5.41) is 0. The van der Waals surface area contributed by atoms with Gasteiger partial charge in [-0.2, -0.15) is 0 Å². The summed E-state index contributed by atoms with van der Waals surface area (Å²) in [4.78, 5) is 13.7. The summed E-state index contributed by atoms with van der Waals surface area (Å²) >= 11 is 0. The first-order chi connectivity index (χ1) is 6.88. The lowest BCUT2D eigenvalue weighted by atomic mass is 10.2. The van der Waals surface area contributed by atoms with E-state index in [0.717, 1.165) is 24.8 Å². The molecule has 0 saturated heterocycles. The Labute approximate surface area is 86.4 Å². The van der Waals surface area contributed by atoms with Crippen molar-refractivity contribution >= 4 is 0 Å². The highest BCUT2D eigenvalue weighted by molar-refractivity contribution is 5.27. The lowest BCUT2D eigenvalue weighted by molar-refractivity contribution is 0.907. The third-order valence-electron chi connectivity index (χ3n) is 2.03. The van der Waals surface area contributed by atoms with Crippen LogP contribution in [0, 0.1) is 0 Å². The zero-order chi connectivity index (χ0) is 11.0. The molecule has 0 spiro atoms. The Morgan fingerprint density at radius 2 is 1.79 bits per heavy atom. The molecule has 0 radical (unpaired) electrons. The van der Waals surface area contributed by atoms with Gasteiger partial charge in [-0.1, -0.05) is 27.7 Å². The number of hydrogen-bond acceptors (Lipinski definition) is 1. The molecule has 0 atom stereocenters. The molecule has 0 amide bonds. The second kappa shape index (κ2) is 7.36. The van der Waals surface area contributed by atoms with Crippen LogP contribution in [0.25, 0.3) is 0 Å². The minimum absolute atomic E-state index is 0.106. The van der Waals surface area contributed by atoms with Gasteiger partial charge in [0.2, 0.25) is 0 Å². The second-order valence-electron chi connectivity index (χ2n) is 2.66. The summed E-state index contributed by atoms with van der Waals surface area (Å²) in [6.07, 6.45) is 4.92. The van der Waals surface area contributed by atoms with Gasteiger partial charge in [0.1, 0.15) is 0 Å². The Morgan fingerprint density at radius 3 is 2.36 bits per heavy atom. The number of aromatic amines is 1. The van der Waals surface area contributed by atoms with Gasteiger partial charge in [0.05, 0.1) is 0 Å². The van der Waals surface area contributed by atoms with E-state index in [1.165, 1.54) is 5.56 Å². The van der Waals surface area contributed by atoms with Crippen molar-refractivity contribution in [3.05, 3.63) is 33.7 Å². The van der Waals surface area contributed by atoms with Crippen molar-refractivity contribution in [1.29, 1.82) is 0 Å². The summed E-state index contributed by atoms with van der Waals surface area (Å²) < 4.78 is 0. The molecular formula is C12H21NO. The number of pyridine rings is 1. The van der Waals surface area contributed by atoms with Gasteiger partial charge in [-0.25, -0.2) is 0 Å². The van der Waals surface area contributed by atoms with Gasteiger partial charge >= 0.3 is 0 Å². The maximum atomic E-state index is 11.1. The lowest BCUT2D eigenvalue weighted by Crippen LogP contribution is -2.10. The molecule has 1 aliphatic carbocycles. The molecule has 1 N–H and O–H groups in total. The van der Waals surface area contributed by atoms with Crippen molar-refractivity contribution < 1.29 is 0 Å². The van der Waals surface area contributed by atoms with Crippen LogP contribution in [0.2, 0.25) is 0 Å². The molecule has 0 fully saturated rings. The fourth-order valence-electron chi connectivity index (χ4n) is 1.52. The van der Waals surface area contributed by atoms with Gasteiger partial charge < -0.3 is 4.98 Å². The topological polar surface area (TPSA) is 32.9 Å².